The number of halogens is 2. The lowest BCUT2D eigenvalue weighted by Crippen LogP contribution is -2.18. The van der Waals surface area contributed by atoms with Crippen molar-refractivity contribution in [3.05, 3.63) is 53.6 Å². The van der Waals surface area contributed by atoms with E-state index in [0.717, 1.165) is 11.8 Å². The molecule has 2 aromatic rings. The van der Waals surface area contributed by atoms with Gasteiger partial charge in [-0.2, -0.15) is 0 Å². The molecule has 0 fully saturated rings. The van der Waals surface area contributed by atoms with Crippen LogP contribution in [-0.4, -0.2) is 16.6 Å². The molecule has 0 radical (unpaired) electrons. The van der Waals surface area contributed by atoms with Gasteiger partial charge in [-0.1, -0.05) is 6.07 Å². The van der Waals surface area contributed by atoms with Crippen molar-refractivity contribution in [2.24, 2.45) is 7.05 Å². The predicted molar refractivity (Wildman–Crippen MR) is 60.5 cm³/mol. The van der Waals surface area contributed by atoms with E-state index in [1.54, 1.807) is 24.0 Å². The van der Waals surface area contributed by atoms with Crippen LogP contribution < -0.4 is 5.32 Å². The molecule has 0 saturated carbocycles. The molecule has 0 bridgehead atoms. The van der Waals surface area contributed by atoms with Gasteiger partial charge in [-0.25, -0.2) is 13.8 Å². The van der Waals surface area contributed by atoms with Gasteiger partial charge >= 0.3 is 0 Å². The van der Waals surface area contributed by atoms with E-state index < -0.39 is 11.6 Å². The van der Waals surface area contributed by atoms with Crippen molar-refractivity contribution in [2.75, 3.05) is 7.05 Å². The second-order valence-electron chi connectivity index (χ2n) is 3.86. The van der Waals surface area contributed by atoms with Crippen molar-refractivity contribution >= 4 is 0 Å². The van der Waals surface area contributed by atoms with Crippen molar-refractivity contribution in [3.8, 4) is 0 Å². The Labute approximate surface area is 98.1 Å². The summed E-state index contributed by atoms with van der Waals surface area (Å²) in [5.41, 5.74) is 1.41. The maximum absolute atomic E-state index is 13.2. The van der Waals surface area contributed by atoms with Crippen LogP contribution in [0.3, 0.4) is 0 Å². The summed E-state index contributed by atoms with van der Waals surface area (Å²) < 4.78 is 27.8. The van der Waals surface area contributed by atoms with Crippen LogP contribution in [0.4, 0.5) is 8.78 Å². The highest BCUT2D eigenvalue weighted by Crippen LogP contribution is 2.21. The lowest BCUT2D eigenvalue weighted by Gasteiger charge is -2.14. The molecule has 90 valence electrons. The minimum Gasteiger partial charge on any atom is -0.340 e. The number of benzene rings is 1. The Bertz CT molecular complexity index is 522. The van der Waals surface area contributed by atoms with Crippen molar-refractivity contribution < 1.29 is 8.78 Å². The van der Waals surface area contributed by atoms with Crippen LogP contribution >= 0.6 is 0 Å². The van der Waals surface area contributed by atoms with Crippen LogP contribution in [-0.2, 0) is 7.05 Å². The van der Waals surface area contributed by atoms with E-state index in [-0.39, 0.29) is 6.04 Å². The molecule has 1 N–H and O–H groups in total. The Kier molecular flexibility index (Phi) is 3.19. The predicted octanol–water partition coefficient (Wildman–Crippen LogP) is 2.01. The molecule has 0 aliphatic rings. The van der Waals surface area contributed by atoms with E-state index in [4.69, 9.17) is 0 Å². The average molecular weight is 237 g/mol. The van der Waals surface area contributed by atoms with Crippen LogP contribution in [0.25, 0.3) is 0 Å². The van der Waals surface area contributed by atoms with Gasteiger partial charge in [0, 0.05) is 13.2 Å². The molecular formula is C12H13F2N3. The fourth-order valence-corrected chi connectivity index (χ4v) is 1.76. The van der Waals surface area contributed by atoms with E-state index in [1.165, 1.54) is 6.07 Å². The first-order valence-corrected chi connectivity index (χ1v) is 5.22. The van der Waals surface area contributed by atoms with E-state index >= 15 is 0 Å². The number of aromatic nitrogens is 2. The highest BCUT2D eigenvalue weighted by molar-refractivity contribution is 5.27. The van der Waals surface area contributed by atoms with Gasteiger partial charge in [0.1, 0.15) is 0 Å². The summed E-state index contributed by atoms with van der Waals surface area (Å²) in [6, 6.07) is 3.61. The quantitative estimate of drug-likeness (QED) is 0.885. The number of imidazole rings is 1. The summed E-state index contributed by atoms with van der Waals surface area (Å²) in [6.45, 7) is 0. The SMILES string of the molecule is CNC(c1ccc(F)c(F)c1)c1cn(C)cn1. The molecule has 1 unspecified atom stereocenters. The van der Waals surface area contributed by atoms with Crippen molar-refractivity contribution in [1.82, 2.24) is 14.9 Å². The Morgan fingerprint density at radius 1 is 1.29 bits per heavy atom. The van der Waals surface area contributed by atoms with Gasteiger partial charge in [-0.3, -0.25) is 0 Å². The second kappa shape index (κ2) is 4.63. The summed E-state index contributed by atoms with van der Waals surface area (Å²) in [7, 11) is 3.61. The highest BCUT2D eigenvalue weighted by atomic mass is 19.2. The Morgan fingerprint density at radius 3 is 2.59 bits per heavy atom. The van der Waals surface area contributed by atoms with Gasteiger partial charge in [-0.05, 0) is 24.7 Å². The maximum atomic E-state index is 13.2. The molecule has 1 heterocycles. The zero-order valence-electron chi connectivity index (χ0n) is 9.61. The van der Waals surface area contributed by atoms with Gasteiger partial charge < -0.3 is 9.88 Å². The lowest BCUT2D eigenvalue weighted by atomic mass is 10.0. The van der Waals surface area contributed by atoms with Crippen LogP contribution in [0.2, 0.25) is 0 Å². The number of nitrogens with zero attached hydrogens (tertiary/aromatic N) is 2. The first kappa shape index (κ1) is 11.7. The van der Waals surface area contributed by atoms with Crippen LogP contribution in [0.5, 0.6) is 0 Å². The number of rotatable bonds is 3. The minimum absolute atomic E-state index is 0.244. The molecule has 1 aromatic carbocycles. The third-order valence-corrected chi connectivity index (χ3v) is 2.59. The molecule has 3 nitrogen and oxygen atoms in total. The molecule has 0 spiro atoms. The minimum atomic E-state index is -0.848. The van der Waals surface area contributed by atoms with Crippen LogP contribution in [0, 0.1) is 11.6 Å². The standard InChI is InChI=1S/C12H13F2N3/c1-15-12(11-6-17(2)7-16-11)8-3-4-9(13)10(14)5-8/h3-7,12,15H,1-2H3. The Hall–Kier alpha value is -1.75. The first-order valence-electron chi connectivity index (χ1n) is 5.22. The van der Waals surface area contributed by atoms with Gasteiger partial charge in [0.05, 0.1) is 18.1 Å². The van der Waals surface area contributed by atoms with Crippen molar-refractivity contribution in [3.63, 3.8) is 0 Å². The zero-order valence-corrected chi connectivity index (χ0v) is 9.61. The summed E-state index contributed by atoms with van der Waals surface area (Å²) in [4.78, 5) is 4.20. The summed E-state index contributed by atoms with van der Waals surface area (Å²) >= 11 is 0. The maximum Gasteiger partial charge on any atom is 0.159 e. The highest BCUT2D eigenvalue weighted by Gasteiger charge is 2.16. The van der Waals surface area contributed by atoms with E-state index in [9.17, 15) is 8.78 Å². The summed E-state index contributed by atoms with van der Waals surface area (Å²) in [5.74, 6) is -1.69. The molecule has 0 aliphatic heterocycles. The molecule has 2 rings (SSSR count). The third-order valence-electron chi connectivity index (χ3n) is 2.59. The molecular weight excluding hydrogens is 224 g/mol. The van der Waals surface area contributed by atoms with Gasteiger partial charge in [-0.15, -0.1) is 0 Å². The number of hydrogen-bond acceptors (Lipinski definition) is 2. The second-order valence-corrected chi connectivity index (χ2v) is 3.86. The third kappa shape index (κ3) is 2.34. The number of nitrogens with one attached hydrogen (secondary N) is 1. The van der Waals surface area contributed by atoms with Crippen molar-refractivity contribution in [2.45, 2.75) is 6.04 Å². The van der Waals surface area contributed by atoms with Gasteiger partial charge in [0.2, 0.25) is 0 Å². The Morgan fingerprint density at radius 2 is 2.06 bits per heavy atom. The van der Waals surface area contributed by atoms with Crippen molar-refractivity contribution in [1.29, 1.82) is 0 Å². The summed E-state index contributed by atoms with van der Waals surface area (Å²) in [5, 5.41) is 3.03. The molecule has 1 aromatic heterocycles. The van der Waals surface area contributed by atoms with Gasteiger partial charge in [0.15, 0.2) is 11.6 Å². The largest absolute Gasteiger partial charge is 0.340 e. The number of hydrogen-bond donors (Lipinski definition) is 1. The van der Waals surface area contributed by atoms with Crippen LogP contribution in [0.15, 0.2) is 30.7 Å². The monoisotopic (exact) mass is 237 g/mol. The van der Waals surface area contributed by atoms with E-state index in [2.05, 4.69) is 10.3 Å². The van der Waals surface area contributed by atoms with Crippen LogP contribution in [0.1, 0.15) is 17.3 Å². The molecule has 5 heteroatoms. The number of aryl methyl sites for hydroxylation is 1. The van der Waals surface area contributed by atoms with Gasteiger partial charge in [0.25, 0.3) is 0 Å². The van der Waals surface area contributed by atoms with E-state index in [0.29, 0.717) is 5.56 Å². The fraction of sp³-hybridized carbons (Fsp3) is 0.250. The first-order chi connectivity index (χ1) is 8.11. The molecule has 0 aliphatic carbocycles. The zero-order chi connectivity index (χ0) is 12.4. The normalized spacial score (nSPS) is 12.7. The average Bonchev–Trinajstić information content (AvgIpc) is 2.71. The summed E-state index contributed by atoms with van der Waals surface area (Å²) in [6.07, 6.45) is 3.50. The molecule has 1 atom stereocenters. The lowest BCUT2D eigenvalue weighted by molar-refractivity contribution is 0.504. The topological polar surface area (TPSA) is 29.9 Å². The fourth-order valence-electron chi connectivity index (χ4n) is 1.76. The molecule has 0 saturated heterocycles. The Balaban J connectivity index is 2.38. The smallest absolute Gasteiger partial charge is 0.159 e. The van der Waals surface area contributed by atoms with E-state index in [1.807, 2.05) is 13.2 Å². The molecule has 17 heavy (non-hydrogen) atoms. The molecule has 0 amide bonds.